The first-order valence-electron chi connectivity index (χ1n) is 10.8. The van der Waals surface area contributed by atoms with Crippen LogP contribution in [-0.4, -0.2) is 43.7 Å². The van der Waals surface area contributed by atoms with Crippen molar-refractivity contribution < 1.29 is 13.6 Å². The molecule has 1 saturated heterocycles. The molecule has 0 spiro atoms. The van der Waals surface area contributed by atoms with Gasteiger partial charge in [0.15, 0.2) is 8.32 Å². The lowest BCUT2D eigenvalue weighted by Crippen LogP contribution is -2.36. The minimum absolute atomic E-state index is 0.193. The fourth-order valence-corrected chi connectivity index (χ4v) is 7.04. The van der Waals surface area contributed by atoms with E-state index in [2.05, 4.69) is 46.6 Å². The van der Waals surface area contributed by atoms with Crippen LogP contribution in [0, 0.1) is 0 Å². The Kier molecular flexibility index (Phi) is 11.8. The van der Waals surface area contributed by atoms with Crippen LogP contribution in [0.3, 0.4) is 0 Å². The van der Waals surface area contributed by atoms with Crippen molar-refractivity contribution in [2.24, 2.45) is 0 Å². The fourth-order valence-electron chi connectivity index (χ4n) is 3.95. The minimum Gasteiger partial charge on any atom is -0.425 e. The third-order valence-corrected chi connectivity index (χ3v) is 11.6. The monoisotopic (exact) mass is 410 g/mol. The Labute approximate surface area is 171 Å². The second-order valence-corrected chi connectivity index (χ2v) is 13.2. The number of hydrogen-bond acceptors (Lipinski definition) is 3. The van der Waals surface area contributed by atoms with Gasteiger partial charge in [0.2, 0.25) is 0 Å². The van der Waals surface area contributed by atoms with Gasteiger partial charge in [-0.25, -0.2) is 0 Å². The van der Waals surface area contributed by atoms with Crippen molar-refractivity contribution in [1.82, 2.24) is 0 Å². The van der Waals surface area contributed by atoms with Crippen LogP contribution in [0.5, 0.6) is 0 Å². The molecule has 0 N–H and O–H groups in total. The van der Waals surface area contributed by atoms with E-state index in [1.807, 2.05) is 0 Å². The zero-order chi connectivity index (χ0) is 20.3. The van der Waals surface area contributed by atoms with E-state index in [0.29, 0.717) is 6.10 Å². The molecule has 0 saturated carbocycles. The molecule has 1 heterocycles. The molecule has 1 fully saturated rings. The second-order valence-electron chi connectivity index (χ2n) is 7.94. The van der Waals surface area contributed by atoms with Gasteiger partial charge in [0.25, 0.3) is 0 Å². The average Bonchev–Trinajstić information content (AvgIpc) is 3.05. The van der Waals surface area contributed by atoms with Crippen LogP contribution < -0.4 is 0 Å². The summed E-state index contributed by atoms with van der Waals surface area (Å²) in [6, 6.07) is 3.68. The van der Waals surface area contributed by atoms with Gasteiger partial charge < -0.3 is 13.6 Å². The fraction of sp³-hybridized carbons (Fsp3) is 0.773. The molecular formula is C22H42O3Si2. The maximum atomic E-state index is 6.37. The van der Waals surface area contributed by atoms with Gasteiger partial charge >= 0.3 is 0 Å². The van der Waals surface area contributed by atoms with E-state index in [1.165, 1.54) is 29.3 Å². The number of rotatable bonds is 14. The van der Waals surface area contributed by atoms with Crippen molar-refractivity contribution >= 4 is 18.8 Å². The van der Waals surface area contributed by atoms with Crippen LogP contribution in [0.2, 0.25) is 18.1 Å². The molecular weight excluding hydrogens is 368 g/mol. The predicted molar refractivity (Wildman–Crippen MR) is 122 cm³/mol. The van der Waals surface area contributed by atoms with Crippen LogP contribution in [0.15, 0.2) is 30.0 Å². The van der Waals surface area contributed by atoms with Crippen LogP contribution in [0.4, 0.5) is 0 Å². The highest BCUT2D eigenvalue weighted by atomic mass is 28.4. The van der Waals surface area contributed by atoms with Crippen LogP contribution >= 0.6 is 0 Å². The van der Waals surface area contributed by atoms with E-state index in [4.69, 9.17) is 13.6 Å². The van der Waals surface area contributed by atoms with Gasteiger partial charge in [0.1, 0.15) is 10.5 Å². The molecule has 1 unspecified atom stereocenters. The van der Waals surface area contributed by atoms with E-state index in [-0.39, 0.29) is 12.2 Å². The van der Waals surface area contributed by atoms with E-state index in [0.717, 1.165) is 55.6 Å². The summed E-state index contributed by atoms with van der Waals surface area (Å²) in [5.41, 5.74) is 5.39. The first-order valence-corrected chi connectivity index (χ1v) is 14.1. The van der Waals surface area contributed by atoms with Gasteiger partial charge in [-0.2, -0.15) is 0 Å². The van der Waals surface area contributed by atoms with Crippen LogP contribution in [0.1, 0.15) is 66.2 Å². The summed E-state index contributed by atoms with van der Waals surface area (Å²) < 4.78 is 18.4. The molecule has 156 valence electrons. The standard InChI is InChI=1S/C22H42O3Si2/c1-7-18(5)16-21(25-26)13-14-22-19(6)17-20(24-22)12-11-15-23-27(8-2,9-3)10-4/h20-22H,1,6,8-17H2,2-5,26H3/t20-,21?,22-/m0/s1. The summed E-state index contributed by atoms with van der Waals surface area (Å²) in [7, 11) is -0.686. The van der Waals surface area contributed by atoms with Crippen molar-refractivity contribution in [2.45, 2.75) is 103 Å². The molecule has 5 heteroatoms. The first-order chi connectivity index (χ1) is 12.9. The van der Waals surface area contributed by atoms with Crippen molar-refractivity contribution in [1.29, 1.82) is 0 Å². The van der Waals surface area contributed by atoms with E-state index >= 15 is 0 Å². The summed E-state index contributed by atoms with van der Waals surface area (Å²) in [6.45, 7) is 17.8. The molecule has 0 amide bonds. The lowest BCUT2D eigenvalue weighted by atomic mass is 9.99. The molecule has 0 aromatic heterocycles. The molecule has 1 aliphatic rings. The molecule has 1 aliphatic heterocycles. The number of hydrogen-bond donors (Lipinski definition) is 0. The second kappa shape index (κ2) is 12.9. The van der Waals surface area contributed by atoms with Gasteiger partial charge in [-0.1, -0.05) is 33.9 Å². The Morgan fingerprint density at radius 3 is 2.52 bits per heavy atom. The van der Waals surface area contributed by atoms with Gasteiger partial charge in [0.05, 0.1) is 12.2 Å². The smallest absolute Gasteiger partial charge is 0.191 e. The maximum absolute atomic E-state index is 6.37. The lowest BCUT2D eigenvalue weighted by molar-refractivity contribution is 0.0332. The van der Waals surface area contributed by atoms with Gasteiger partial charge in [-0.05, 0) is 68.3 Å². The molecule has 0 aromatic carbocycles. The third-order valence-electron chi connectivity index (χ3n) is 6.23. The zero-order valence-corrected chi connectivity index (χ0v) is 21.4. The third kappa shape index (κ3) is 8.22. The van der Waals surface area contributed by atoms with Gasteiger partial charge in [0, 0.05) is 19.1 Å². The molecule has 0 bridgehead atoms. The van der Waals surface area contributed by atoms with Crippen LogP contribution in [-0.2, 0) is 13.6 Å². The molecule has 0 aliphatic carbocycles. The normalized spacial score (nSPS) is 21.4. The van der Waals surface area contributed by atoms with Crippen molar-refractivity contribution in [2.75, 3.05) is 6.61 Å². The minimum atomic E-state index is -1.45. The average molecular weight is 411 g/mol. The van der Waals surface area contributed by atoms with Gasteiger partial charge in [-0.15, -0.1) is 5.73 Å². The number of ether oxygens (including phenoxy) is 1. The Morgan fingerprint density at radius 2 is 1.96 bits per heavy atom. The Bertz CT molecular complexity index is 488. The summed E-state index contributed by atoms with van der Waals surface area (Å²) >= 11 is 0. The molecule has 3 atom stereocenters. The Hall–Kier alpha value is -0.426. The molecule has 3 nitrogen and oxygen atoms in total. The maximum Gasteiger partial charge on any atom is 0.191 e. The van der Waals surface area contributed by atoms with Crippen LogP contribution in [0.25, 0.3) is 0 Å². The summed E-state index contributed by atoms with van der Waals surface area (Å²) in [5.74, 6) is 0. The molecule has 0 radical (unpaired) electrons. The predicted octanol–water partition coefficient (Wildman–Crippen LogP) is 5.07. The van der Waals surface area contributed by atoms with E-state index in [9.17, 15) is 0 Å². The highest BCUT2D eigenvalue weighted by molar-refractivity contribution is 6.73. The molecule has 27 heavy (non-hydrogen) atoms. The zero-order valence-electron chi connectivity index (χ0n) is 18.4. The largest absolute Gasteiger partial charge is 0.425 e. The SMILES string of the molecule is C=C=C(C)CC(CC[C@@H]1O[C@@H](CCCO[Si](CC)(CC)CC)CC1=C)O[SiH3]. The summed E-state index contributed by atoms with van der Waals surface area (Å²) in [4.78, 5) is 0. The molecule has 1 rings (SSSR count). The Balaban J connectivity index is 2.34. The molecule has 0 aromatic rings. The lowest BCUT2D eigenvalue weighted by Gasteiger charge is -2.28. The van der Waals surface area contributed by atoms with Crippen molar-refractivity contribution in [3.05, 3.63) is 30.0 Å². The topological polar surface area (TPSA) is 27.7 Å². The quantitative estimate of drug-likeness (QED) is 0.173. The van der Waals surface area contributed by atoms with Gasteiger partial charge in [-0.3, -0.25) is 0 Å². The first kappa shape index (κ1) is 24.6. The summed E-state index contributed by atoms with van der Waals surface area (Å²) in [5, 5.41) is 0. The highest BCUT2D eigenvalue weighted by Gasteiger charge is 2.30. The van der Waals surface area contributed by atoms with Crippen molar-refractivity contribution in [3.63, 3.8) is 0 Å². The van der Waals surface area contributed by atoms with E-state index in [1.54, 1.807) is 0 Å². The van der Waals surface area contributed by atoms with E-state index < -0.39 is 8.32 Å². The highest BCUT2D eigenvalue weighted by Crippen LogP contribution is 2.31. The van der Waals surface area contributed by atoms with Crippen molar-refractivity contribution in [3.8, 4) is 0 Å². The summed E-state index contributed by atoms with van der Waals surface area (Å²) in [6.07, 6.45) is 6.89. The Morgan fingerprint density at radius 1 is 1.30 bits per heavy atom.